The molecular formula is C8H14N4. The lowest BCUT2D eigenvalue weighted by Gasteiger charge is -2.03. The number of aromatic nitrogens is 2. The monoisotopic (exact) mass is 166 g/mol. The van der Waals surface area contributed by atoms with Gasteiger partial charge in [0.25, 0.3) is 0 Å². The second-order valence-electron chi connectivity index (χ2n) is 3.17. The minimum Gasteiger partial charge on any atom is -0.343 e. The van der Waals surface area contributed by atoms with Gasteiger partial charge < -0.3 is 16.0 Å². The van der Waals surface area contributed by atoms with E-state index in [1.54, 1.807) is 0 Å². The van der Waals surface area contributed by atoms with Gasteiger partial charge in [0.2, 0.25) is 0 Å². The molecule has 0 spiro atoms. The van der Waals surface area contributed by atoms with Crippen molar-refractivity contribution in [3.63, 3.8) is 0 Å². The highest BCUT2D eigenvalue weighted by Crippen LogP contribution is 2.16. The Morgan fingerprint density at radius 3 is 3.08 bits per heavy atom. The Morgan fingerprint density at radius 1 is 1.58 bits per heavy atom. The molecule has 66 valence electrons. The molecule has 0 saturated heterocycles. The molecule has 2 heterocycles. The highest BCUT2D eigenvalue weighted by Gasteiger charge is 2.17. The van der Waals surface area contributed by atoms with Crippen molar-refractivity contribution in [3.8, 4) is 0 Å². The van der Waals surface area contributed by atoms with Crippen LogP contribution in [0.2, 0.25) is 0 Å². The van der Waals surface area contributed by atoms with Crippen molar-refractivity contribution < 1.29 is 0 Å². The van der Waals surface area contributed by atoms with Gasteiger partial charge in [-0.05, 0) is 6.42 Å². The third-order valence-corrected chi connectivity index (χ3v) is 2.27. The number of imidazole rings is 1. The predicted octanol–water partition coefficient (Wildman–Crippen LogP) is 0.423. The van der Waals surface area contributed by atoms with Crippen LogP contribution in [0.15, 0.2) is 0 Å². The molecule has 1 unspecified atom stereocenters. The van der Waals surface area contributed by atoms with E-state index in [-0.39, 0.29) is 6.04 Å². The molecule has 1 atom stereocenters. The molecule has 1 aliphatic rings. The van der Waals surface area contributed by atoms with Gasteiger partial charge in [-0.1, -0.05) is 6.92 Å². The van der Waals surface area contributed by atoms with E-state index in [0.29, 0.717) is 0 Å². The van der Waals surface area contributed by atoms with Crippen LogP contribution < -0.4 is 11.1 Å². The second-order valence-corrected chi connectivity index (χ2v) is 3.17. The summed E-state index contributed by atoms with van der Waals surface area (Å²) in [5.41, 5.74) is 8.18. The van der Waals surface area contributed by atoms with Crippen LogP contribution in [0.5, 0.6) is 0 Å². The van der Waals surface area contributed by atoms with Crippen molar-refractivity contribution >= 4 is 0 Å². The minimum atomic E-state index is 0.0654. The van der Waals surface area contributed by atoms with Gasteiger partial charge in [0.1, 0.15) is 5.82 Å². The predicted molar refractivity (Wildman–Crippen MR) is 46.4 cm³/mol. The highest BCUT2D eigenvalue weighted by atomic mass is 15.1. The molecule has 4 nitrogen and oxygen atoms in total. The lowest BCUT2D eigenvalue weighted by atomic mass is 10.2. The SMILES string of the molecule is CCC(N)c1nc2c([nH]1)CNC2. The maximum Gasteiger partial charge on any atom is 0.123 e. The van der Waals surface area contributed by atoms with Gasteiger partial charge in [0, 0.05) is 13.1 Å². The molecule has 0 radical (unpaired) electrons. The molecule has 0 bridgehead atoms. The standard InChI is InChI=1S/C8H14N4/c1-2-5(9)8-11-6-3-10-4-7(6)12-8/h5,10H,2-4,9H2,1H3,(H,11,12). The summed E-state index contributed by atoms with van der Waals surface area (Å²) in [5, 5.41) is 3.22. The Morgan fingerprint density at radius 2 is 2.42 bits per heavy atom. The number of nitrogens with two attached hydrogens (primary N) is 1. The zero-order valence-electron chi connectivity index (χ0n) is 7.22. The van der Waals surface area contributed by atoms with E-state index in [9.17, 15) is 0 Å². The van der Waals surface area contributed by atoms with Crippen LogP contribution in [0.4, 0.5) is 0 Å². The Hall–Kier alpha value is -0.870. The second kappa shape index (κ2) is 2.88. The Balaban J connectivity index is 2.25. The molecule has 0 saturated carbocycles. The number of aromatic amines is 1. The largest absolute Gasteiger partial charge is 0.343 e. The van der Waals surface area contributed by atoms with Gasteiger partial charge in [-0.25, -0.2) is 4.98 Å². The molecule has 0 amide bonds. The number of nitrogens with one attached hydrogen (secondary N) is 2. The maximum atomic E-state index is 5.84. The van der Waals surface area contributed by atoms with Crippen molar-refractivity contribution in [2.24, 2.45) is 5.73 Å². The van der Waals surface area contributed by atoms with Crippen LogP contribution >= 0.6 is 0 Å². The van der Waals surface area contributed by atoms with Crippen molar-refractivity contribution in [1.29, 1.82) is 0 Å². The van der Waals surface area contributed by atoms with Crippen LogP contribution in [0.1, 0.15) is 36.6 Å². The van der Waals surface area contributed by atoms with Crippen LogP contribution in [-0.4, -0.2) is 9.97 Å². The Kier molecular flexibility index (Phi) is 1.86. The van der Waals surface area contributed by atoms with Crippen LogP contribution in [0.25, 0.3) is 0 Å². The summed E-state index contributed by atoms with van der Waals surface area (Å²) in [6.45, 7) is 3.84. The van der Waals surface area contributed by atoms with E-state index in [2.05, 4.69) is 22.2 Å². The van der Waals surface area contributed by atoms with Gasteiger partial charge in [-0.15, -0.1) is 0 Å². The van der Waals surface area contributed by atoms with E-state index in [1.807, 2.05) is 0 Å². The zero-order valence-corrected chi connectivity index (χ0v) is 7.22. The third kappa shape index (κ3) is 1.13. The van der Waals surface area contributed by atoms with Gasteiger partial charge in [-0.3, -0.25) is 0 Å². The minimum absolute atomic E-state index is 0.0654. The molecule has 1 aliphatic heterocycles. The van der Waals surface area contributed by atoms with Crippen molar-refractivity contribution in [2.45, 2.75) is 32.5 Å². The summed E-state index contributed by atoms with van der Waals surface area (Å²) in [4.78, 5) is 7.66. The van der Waals surface area contributed by atoms with Crippen molar-refractivity contribution in [3.05, 3.63) is 17.2 Å². The fraction of sp³-hybridized carbons (Fsp3) is 0.625. The van der Waals surface area contributed by atoms with Crippen molar-refractivity contribution in [1.82, 2.24) is 15.3 Å². The van der Waals surface area contributed by atoms with Crippen LogP contribution in [0.3, 0.4) is 0 Å². The fourth-order valence-corrected chi connectivity index (χ4v) is 1.43. The first-order chi connectivity index (χ1) is 5.81. The fourth-order valence-electron chi connectivity index (χ4n) is 1.43. The molecule has 2 rings (SSSR count). The molecule has 4 heteroatoms. The Labute approximate surface area is 71.6 Å². The molecule has 0 aromatic carbocycles. The third-order valence-electron chi connectivity index (χ3n) is 2.27. The molecule has 0 aliphatic carbocycles. The summed E-state index contributed by atoms with van der Waals surface area (Å²) in [6.07, 6.45) is 0.930. The van der Waals surface area contributed by atoms with E-state index in [4.69, 9.17) is 5.73 Å². The molecule has 4 N–H and O–H groups in total. The smallest absolute Gasteiger partial charge is 0.123 e. The molecule has 12 heavy (non-hydrogen) atoms. The first kappa shape index (κ1) is 7.76. The van der Waals surface area contributed by atoms with Gasteiger partial charge in [0.05, 0.1) is 17.4 Å². The number of H-pyrrole nitrogens is 1. The maximum absolute atomic E-state index is 5.84. The summed E-state index contributed by atoms with van der Waals surface area (Å²) in [7, 11) is 0. The van der Waals surface area contributed by atoms with Crippen molar-refractivity contribution in [2.75, 3.05) is 0 Å². The quantitative estimate of drug-likeness (QED) is 0.596. The number of hydrogen-bond acceptors (Lipinski definition) is 3. The molecule has 1 aromatic rings. The number of hydrogen-bond donors (Lipinski definition) is 3. The lowest BCUT2D eigenvalue weighted by molar-refractivity contribution is 0.642. The molecule has 1 aromatic heterocycles. The number of rotatable bonds is 2. The van der Waals surface area contributed by atoms with E-state index in [1.165, 1.54) is 5.69 Å². The Bertz CT molecular complexity index is 257. The molecule has 0 fully saturated rings. The topological polar surface area (TPSA) is 66.7 Å². The summed E-state index contributed by atoms with van der Waals surface area (Å²) >= 11 is 0. The normalized spacial score (nSPS) is 17.8. The first-order valence-electron chi connectivity index (χ1n) is 4.35. The first-order valence-corrected chi connectivity index (χ1v) is 4.35. The zero-order chi connectivity index (χ0) is 8.55. The van der Waals surface area contributed by atoms with Gasteiger partial charge >= 0.3 is 0 Å². The summed E-state index contributed by atoms with van der Waals surface area (Å²) < 4.78 is 0. The average Bonchev–Trinajstić information content (AvgIpc) is 2.60. The lowest BCUT2D eigenvalue weighted by Crippen LogP contribution is -2.12. The van der Waals surface area contributed by atoms with E-state index >= 15 is 0 Å². The summed E-state index contributed by atoms with van der Waals surface area (Å²) in [6, 6.07) is 0.0654. The summed E-state index contributed by atoms with van der Waals surface area (Å²) in [5.74, 6) is 0.934. The van der Waals surface area contributed by atoms with Gasteiger partial charge in [0.15, 0.2) is 0 Å². The molecular weight excluding hydrogens is 152 g/mol. The number of nitrogens with zero attached hydrogens (tertiary/aromatic N) is 1. The van der Waals surface area contributed by atoms with E-state index in [0.717, 1.165) is 31.0 Å². The average molecular weight is 166 g/mol. The van der Waals surface area contributed by atoms with Gasteiger partial charge in [-0.2, -0.15) is 0 Å². The van der Waals surface area contributed by atoms with Crippen LogP contribution in [-0.2, 0) is 13.1 Å². The number of fused-ring (bicyclic) bond motifs is 1. The van der Waals surface area contributed by atoms with Crippen LogP contribution in [0, 0.1) is 0 Å². The van der Waals surface area contributed by atoms with E-state index < -0.39 is 0 Å². The highest BCUT2D eigenvalue weighted by molar-refractivity contribution is 5.19.